The molecule has 0 spiro atoms. The smallest absolute Gasteiger partial charge is 0.263 e. The van der Waals surface area contributed by atoms with E-state index in [4.69, 9.17) is 9.98 Å². The van der Waals surface area contributed by atoms with Gasteiger partial charge in [0.25, 0.3) is 0 Å². The molecule has 2 fully saturated rings. The summed E-state index contributed by atoms with van der Waals surface area (Å²) in [6, 6.07) is 25.9. The largest absolute Gasteiger partial charge is 0.338 e. The summed E-state index contributed by atoms with van der Waals surface area (Å²) in [5, 5.41) is 0. The standard InChI is InChI=1S/C58H80N6O2/c1-35(2)43-25-21-26-44(36(3)4)51(43)59-55-61(57(65)63(55)53-47(39(9)10)29-23-30-48(53)40(11)12)33-19-17-18-20-34-62-56(60-52-45(37(5)6)27-22-28-46(52)38(7)8)64(58(62)66)54-49(41(13)14)31-24-32-50(54)42(15)16/h21-32,35-42H,17-20,33-34H2,1-16H3/b59-55+,60-56+. The summed E-state index contributed by atoms with van der Waals surface area (Å²) in [7, 11) is 0. The first-order valence-electron chi connectivity index (χ1n) is 25.2. The first-order chi connectivity index (χ1) is 31.3. The fourth-order valence-electron chi connectivity index (χ4n) is 9.65. The maximum Gasteiger partial charge on any atom is 0.338 e. The predicted molar refractivity (Wildman–Crippen MR) is 280 cm³/mol. The lowest BCUT2D eigenvalue weighted by Crippen LogP contribution is -2.66. The van der Waals surface area contributed by atoms with E-state index in [1.54, 1.807) is 0 Å². The van der Waals surface area contributed by atoms with Crippen LogP contribution in [0.25, 0.3) is 0 Å². The third-order valence-electron chi connectivity index (χ3n) is 13.5. The monoisotopic (exact) mass is 893 g/mol. The molecule has 8 nitrogen and oxygen atoms in total. The molecule has 0 saturated carbocycles. The van der Waals surface area contributed by atoms with E-state index >= 15 is 0 Å². The lowest BCUT2D eigenvalue weighted by atomic mass is 9.91. The van der Waals surface area contributed by atoms with Crippen LogP contribution in [0.4, 0.5) is 32.3 Å². The normalized spacial score (nSPS) is 15.8. The Kier molecular flexibility index (Phi) is 16.1. The molecule has 2 saturated heterocycles. The van der Waals surface area contributed by atoms with Crippen molar-refractivity contribution < 1.29 is 9.59 Å². The van der Waals surface area contributed by atoms with E-state index in [2.05, 4.69) is 184 Å². The quantitative estimate of drug-likeness (QED) is 0.0880. The van der Waals surface area contributed by atoms with Gasteiger partial charge in [0.1, 0.15) is 0 Å². The Bertz CT molecular complexity index is 2160. The van der Waals surface area contributed by atoms with Gasteiger partial charge in [-0.05, 0) is 105 Å². The van der Waals surface area contributed by atoms with Crippen molar-refractivity contribution in [2.45, 2.75) is 184 Å². The minimum atomic E-state index is -0.0195. The highest BCUT2D eigenvalue weighted by molar-refractivity contribution is 6.32. The summed E-state index contributed by atoms with van der Waals surface area (Å²) >= 11 is 0. The first-order valence-corrected chi connectivity index (χ1v) is 25.2. The summed E-state index contributed by atoms with van der Waals surface area (Å²) in [4.78, 5) is 47.7. The fraction of sp³-hybridized carbons (Fsp3) is 0.517. The highest BCUT2D eigenvalue weighted by atomic mass is 16.2. The summed E-state index contributed by atoms with van der Waals surface area (Å²) < 4.78 is 0. The summed E-state index contributed by atoms with van der Waals surface area (Å²) in [5.41, 5.74) is 13.3. The highest BCUT2D eigenvalue weighted by Gasteiger charge is 2.46. The molecule has 0 N–H and O–H groups in total. The number of unbranched alkanes of at least 4 members (excludes halogenated alkanes) is 3. The minimum Gasteiger partial charge on any atom is -0.263 e. The van der Waals surface area contributed by atoms with E-state index in [1.165, 1.54) is 22.3 Å². The number of para-hydroxylation sites is 4. The van der Waals surface area contributed by atoms with Crippen LogP contribution in [0, 0.1) is 0 Å². The van der Waals surface area contributed by atoms with Crippen LogP contribution in [0.3, 0.4) is 0 Å². The number of hydrogen-bond acceptors (Lipinski definition) is 4. The lowest BCUT2D eigenvalue weighted by Gasteiger charge is -2.45. The summed E-state index contributed by atoms with van der Waals surface area (Å²) in [6.07, 6.45) is 3.47. The highest BCUT2D eigenvalue weighted by Crippen LogP contribution is 2.44. The van der Waals surface area contributed by atoms with E-state index in [0.29, 0.717) is 25.0 Å². The van der Waals surface area contributed by atoms with Crippen molar-refractivity contribution in [2.75, 3.05) is 22.9 Å². The Hall–Kier alpha value is -5.24. The van der Waals surface area contributed by atoms with Crippen LogP contribution in [0.5, 0.6) is 0 Å². The maximum atomic E-state index is 14.5. The van der Waals surface area contributed by atoms with Crippen molar-refractivity contribution in [3.63, 3.8) is 0 Å². The molecule has 0 atom stereocenters. The molecule has 0 radical (unpaired) electrons. The SMILES string of the molecule is CC(C)c1cccc(C(C)C)c1/N=C1\N(CCCCCCN2C(=O)N(c3c(C(C)C)cccc3C(C)C)/C2=N/c2c(C(C)C)cccc2C(C)C)C(=O)N1c1c(C(C)C)cccc1C(C)C. The molecule has 66 heavy (non-hydrogen) atoms. The molecule has 4 aromatic carbocycles. The second-order valence-corrected chi connectivity index (χ2v) is 21.2. The minimum absolute atomic E-state index is 0.0195. The van der Waals surface area contributed by atoms with Crippen molar-refractivity contribution in [1.82, 2.24) is 9.80 Å². The number of carbonyl (C=O) groups excluding carboxylic acids is 2. The van der Waals surface area contributed by atoms with Crippen LogP contribution >= 0.6 is 0 Å². The van der Waals surface area contributed by atoms with Crippen LogP contribution in [0.1, 0.15) is 228 Å². The Labute approximate surface area is 398 Å². The molecule has 0 aliphatic carbocycles. The number of guanidine groups is 2. The predicted octanol–water partition coefficient (Wildman–Crippen LogP) is 16.8. The molecule has 4 amide bonds. The molecule has 0 aromatic heterocycles. The first kappa shape index (κ1) is 50.2. The average Bonchev–Trinajstić information content (AvgIpc) is 3.26. The zero-order valence-corrected chi connectivity index (χ0v) is 43.3. The van der Waals surface area contributed by atoms with Gasteiger partial charge in [-0.1, -0.05) is 196 Å². The number of nitrogens with zero attached hydrogens (tertiary/aromatic N) is 6. The topological polar surface area (TPSA) is 71.8 Å². The summed E-state index contributed by atoms with van der Waals surface area (Å²) in [5.74, 6) is 3.44. The zero-order valence-electron chi connectivity index (χ0n) is 43.3. The molecule has 0 bridgehead atoms. The maximum absolute atomic E-state index is 14.5. The number of carbonyl (C=O) groups is 2. The molecule has 354 valence electrons. The van der Waals surface area contributed by atoms with Gasteiger partial charge < -0.3 is 0 Å². The van der Waals surface area contributed by atoms with Gasteiger partial charge in [-0.3, -0.25) is 9.80 Å². The molecular weight excluding hydrogens is 813 g/mol. The van der Waals surface area contributed by atoms with E-state index in [0.717, 1.165) is 70.7 Å². The van der Waals surface area contributed by atoms with E-state index in [1.807, 2.05) is 19.6 Å². The fourth-order valence-corrected chi connectivity index (χ4v) is 9.65. The Morgan fingerprint density at radius 1 is 0.348 bits per heavy atom. The van der Waals surface area contributed by atoms with Gasteiger partial charge in [-0.15, -0.1) is 0 Å². The molecule has 2 aliphatic heterocycles. The number of amides is 4. The molecule has 8 heteroatoms. The van der Waals surface area contributed by atoms with Crippen LogP contribution in [-0.4, -0.2) is 46.9 Å². The van der Waals surface area contributed by atoms with Crippen molar-refractivity contribution in [3.05, 3.63) is 117 Å². The van der Waals surface area contributed by atoms with E-state index in [-0.39, 0.29) is 59.4 Å². The van der Waals surface area contributed by atoms with E-state index in [9.17, 15) is 9.59 Å². The Morgan fingerprint density at radius 3 is 0.803 bits per heavy atom. The number of urea groups is 2. The molecular formula is C58H80N6O2. The number of rotatable bonds is 19. The van der Waals surface area contributed by atoms with Crippen molar-refractivity contribution in [3.8, 4) is 0 Å². The average molecular weight is 893 g/mol. The Morgan fingerprint density at radius 2 is 0.576 bits per heavy atom. The second kappa shape index (κ2) is 21.2. The van der Waals surface area contributed by atoms with Crippen LogP contribution < -0.4 is 9.80 Å². The van der Waals surface area contributed by atoms with Gasteiger partial charge in [0.2, 0.25) is 11.9 Å². The third kappa shape index (κ3) is 10.0. The van der Waals surface area contributed by atoms with Gasteiger partial charge in [0, 0.05) is 13.1 Å². The van der Waals surface area contributed by atoms with Gasteiger partial charge >= 0.3 is 12.1 Å². The van der Waals surface area contributed by atoms with Crippen LogP contribution in [-0.2, 0) is 0 Å². The summed E-state index contributed by atoms with van der Waals surface area (Å²) in [6.45, 7) is 36.5. The number of benzene rings is 4. The molecule has 4 aromatic rings. The van der Waals surface area contributed by atoms with Gasteiger partial charge in [-0.25, -0.2) is 29.4 Å². The number of anilines is 2. The third-order valence-corrected chi connectivity index (χ3v) is 13.5. The van der Waals surface area contributed by atoms with Gasteiger partial charge in [0.15, 0.2) is 0 Å². The van der Waals surface area contributed by atoms with Crippen molar-refractivity contribution >= 4 is 46.7 Å². The number of aliphatic imine (C=N–C) groups is 2. The van der Waals surface area contributed by atoms with Crippen LogP contribution in [0.15, 0.2) is 82.8 Å². The Balaban J connectivity index is 1.28. The molecule has 2 aliphatic rings. The molecule has 0 unspecified atom stereocenters. The second-order valence-electron chi connectivity index (χ2n) is 21.2. The lowest BCUT2D eigenvalue weighted by molar-refractivity contribution is 0.214. The van der Waals surface area contributed by atoms with Crippen molar-refractivity contribution in [2.24, 2.45) is 9.98 Å². The van der Waals surface area contributed by atoms with E-state index < -0.39 is 0 Å². The molecule has 6 rings (SSSR count). The van der Waals surface area contributed by atoms with Gasteiger partial charge in [-0.2, -0.15) is 0 Å². The molecule has 2 heterocycles. The van der Waals surface area contributed by atoms with Crippen molar-refractivity contribution in [1.29, 1.82) is 0 Å². The zero-order chi connectivity index (χ0) is 48.3. The van der Waals surface area contributed by atoms with Gasteiger partial charge in [0.05, 0.1) is 22.7 Å². The number of hydrogen-bond donors (Lipinski definition) is 0. The van der Waals surface area contributed by atoms with Crippen LogP contribution in [0.2, 0.25) is 0 Å².